The van der Waals surface area contributed by atoms with Gasteiger partial charge >= 0.3 is 10.1 Å². The summed E-state index contributed by atoms with van der Waals surface area (Å²) < 4.78 is 88.8. The van der Waals surface area contributed by atoms with Crippen molar-refractivity contribution in [3.05, 3.63) is 82.8 Å². The predicted octanol–water partition coefficient (Wildman–Crippen LogP) is 2.31. The lowest BCUT2D eigenvalue weighted by atomic mass is 10.0. The fraction of sp³-hybridized carbons (Fsp3) is 0.167. The van der Waals surface area contributed by atoms with Crippen LogP contribution in [-0.4, -0.2) is 14.2 Å². The number of benzene rings is 2. The molecule has 1 aliphatic heterocycles. The van der Waals surface area contributed by atoms with Gasteiger partial charge in [-0.05, 0) is 12.5 Å². The van der Waals surface area contributed by atoms with Gasteiger partial charge in [0.15, 0.2) is 8.93 Å². The van der Waals surface area contributed by atoms with Gasteiger partial charge in [0.1, 0.15) is 5.75 Å². The number of nitrogens with two attached hydrogens (primary N) is 1. The highest BCUT2D eigenvalue weighted by molar-refractivity contribution is 7.86. The maximum absolute atomic E-state index is 12.8. The molecule has 25 heavy (non-hydrogen) atoms. The van der Waals surface area contributed by atoms with Crippen molar-refractivity contribution in [2.45, 2.75) is 18.8 Å². The molecular weight excluding hydrogens is 342 g/mol. The minimum atomic E-state index is -4.74. The highest BCUT2D eigenvalue weighted by Crippen LogP contribution is 2.32. The van der Waals surface area contributed by atoms with Crippen LogP contribution in [0.3, 0.4) is 0 Å². The highest BCUT2D eigenvalue weighted by atomic mass is 32.2. The second kappa shape index (κ2) is 6.60. The summed E-state index contributed by atoms with van der Waals surface area (Å²) in [5.74, 6) is -3.76. The number of ether oxygens (including phenoxy) is 1. The Labute approximate surface area is 155 Å². The Morgan fingerprint density at radius 3 is 2.56 bits per heavy atom. The average Bonchev–Trinajstić information content (AvgIpc) is 3.05. The number of carbonyl (C=O) groups excluding carboxylic acids is 1. The topological polar surface area (TPSA) is 95.7 Å². The fourth-order valence-corrected chi connectivity index (χ4v) is 3.13. The standard InChI is InChI=1S/C18H17NO5S/c1-12-7-9-14(10-8-12)16-15(20)17(18(19)23-16)24-25(21,22)11-13-5-3-2-4-6-13/h2-10,16H,11,19H2,1H3/i2D,3D,4D,5D,6D/hD2. The highest BCUT2D eigenvalue weighted by Gasteiger charge is 2.39. The van der Waals surface area contributed by atoms with Gasteiger partial charge < -0.3 is 14.6 Å². The molecule has 0 aromatic heterocycles. The van der Waals surface area contributed by atoms with Crippen LogP contribution in [-0.2, 0) is 29.6 Å². The summed E-state index contributed by atoms with van der Waals surface area (Å²) in [6, 6.07) is 2.93. The maximum atomic E-state index is 12.8. The van der Waals surface area contributed by atoms with Gasteiger partial charge in [-0.25, -0.2) is 0 Å². The van der Waals surface area contributed by atoms with E-state index >= 15 is 0 Å². The summed E-state index contributed by atoms with van der Waals surface area (Å²) in [5, 5.41) is 0. The van der Waals surface area contributed by atoms with Crippen LogP contribution >= 0.6 is 0 Å². The molecule has 1 atom stereocenters. The van der Waals surface area contributed by atoms with Crippen LogP contribution < -0.4 is 5.72 Å². The van der Waals surface area contributed by atoms with Crippen molar-refractivity contribution in [3.8, 4) is 0 Å². The number of Topliss-reactive ketones (excluding diaryl/α,β-unsaturated/α-hetero) is 1. The van der Waals surface area contributed by atoms with Gasteiger partial charge in [-0.1, -0.05) is 60.0 Å². The molecule has 1 unspecified atom stereocenters. The Hall–Kier alpha value is -2.80. The molecule has 0 fully saturated rings. The Morgan fingerprint density at radius 2 is 1.92 bits per heavy atom. The summed E-state index contributed by atoms with van der Waals surface area (Å²) in [5.41, 5.74) is 0.587. The van der Waals surface area contributed by atoms with Crippen molar-refractivity contribution in [3.63, 3.8) is 0 Å². The van der Waals surface area contributed by atoms with Crippen molar-refractivity contribution in [2.24, 2.45) is 5.72 Å². The van der Waals surface area contributed by atoms with E-state index < -0.39 is 75.2 Å². The van der Waals surface area contributed by atoms with Gasteiger partial charge in [0, 0.05) is 5.56 Å². The molecule has 0 saturated carbocycles. The zero-order chi connectivity index (χ0) is 24.0. The van der Waals surface area contributed by atoms with E-state index in [1.54, 1.807) is 24.3 Å². The number of hydrogen-bond donors (Lipinski definition) is 1. The Kier molecular flexibility index (Phi) is 2.71. The first-order chi connectivity index (χ1) is 14.8. The summed E-state index contributed by atoms with van der Waals surface area (Å²) in [7, 11) is -4.74. The first-order valence-electron chi connectivity index (χ1n) is 10.5. The lowest BCUT2D eigenvalue weighted by Gasteiger charge is -2.10. The van der Waals surface area contributed by atoms with Crippen LogP contribution in [0.25, 0.3) is 0 Å². The number of aryl methyl sites for hydroxylation is 1. The smallest absolute Gasteiger partial charge is 0.313 e. The molecule has 3 rings (SSSR count). The van der Waals surface area contributed by atoms with Crippen LogP contribution in [0.1, 0.15) is 29.6 Å². The van der Waals surface area contributed by atoms with Crippen LogP contribution in [0.15, 0.2) is 66.1 Å². The van der Waals surface area contributed by atoms with Crippen molar-refractivity contribution >= 4 is 15.9 Å². The van der Waals surface area contributed by atoms with E-state index in [-0.39, 0.29) is 5.72 Å². The molecule has 6 nitrogen and oxygen atoms in total. The third-order valence-corrected chi connectivity index (χ3v) is 4.41. The molecule has 130 valence electrons. The lowest BCUT2D eigenvalue weighted by Crippen LogP contribution is -2.16. The summed E-state index contributed by atoms with van der Waals surface area (Å²) in [4.78, 5) is 12.8. The monoisotopic (exact) mass is 366 g/mol. The summed E-state index contributed by atoms with van der Waals surface area (Å²) in [6.07, 6.45) is -1.34. The van der Waals surface area contributed by atoms with E-state index in [0.717, 1.165) is 5.56 Å². The molecule has 0 spiro atoms. The molecule has 2 aromatic rings. The lowest BCUT2D eigenvalue weighted by molar-refractivity contribution is -0.123. The Bertz CT molecular complexity index is 1200. The van der Waals surface area contributed by atoms with Crippen molar-refractivity contribution in [1.29, 1.82) is 0 Å². The van der Waals surface area contributed by atoms with E-state index in [1.807, 2.05) is 6.92 Å². The fourth-order valence-electron chi connectivity index (χ4n) is 2.16. The largest absolute Gasteiger partial charge is 0.460 e. The van der Waals surface area contributed by atoms with Crippen molar-refractivity contribution in [2.75, 3.05) is 0 Å². The zero-order valence-electron chi connectivity index (χ0n) is 20.0. The second-order valence-corrected chi connectivity index (χ2v) is 6.87. The van der Waals surface area contributed by atoms with Crippen LogP contribution in [0, 0.1) is 6.92 Å². The maximum Gasteiger partial charge on any atom is 0.313 e. The van der Waals surface area contributed by atoms with Gasteiger partial charge in [-0.3, -0.25) is 4.79 Å². The quantitative estimate of drug-likeness (QED) is 0.788. The summed E-state index contributed by atoms with van der Waals surface area (Å²) in [6.45, 7) is 1.82. The molecule has 1 aliphatic rings. The van der Waals surface area contributed by atoms with E-state index in [9.17, 15) is 13.2 Å². The number of rotatable bonds is 6. The predicted molar refractivity (Wildman–Crippen MR) is 91.4 cm³/mol. The Morgan fingerprint density at radius 1 is 1.24 bits per heavy atom. The zero-order valence-corrected chi connectivity index (χ0v) is 13.8. The molecular formula is C18H17NO5S. The Balaban J connectivity index is 1.94. The third kappa shape index (κ3) is 3.83. The third-order valence-electron chi connectivity index (χ3n) is 3.35. The molecule has 0 aliphatic carbocycles. The average molecular weight is 366 g/mol. The molecule has 7 heteroatoms. The number of hydrogen-bond acceptors (Lipinski definition) is 6. The molecule has 0 radical (unpaired) electrons. The molecule has 0 bridgehead atoms. The van der Waals surface area contributed by atoms with Crippen molar-refractivity contribution < 1.29 is 31.8 Å². The van der Waals surface area contributed by atoms with Crippen LogP contribution in [0.4, 0.5) is 0 Å². The molecule has 0 amide bonds. The SMILES string of the molecule is [2H]c1c([2H])c([2H])c(CS(=O)(=O)OC2=C(N([2H])[2H])OC(c3ccc(C)cc3)C2=O)c([2H])c1[2H]. The molecule has 0 saturated heterocycles. The number of carbonyl (C=O) groups is 1. The van der Waals surface area contributed by atoms with Crippen molar-refractivity contribution in [1.82, 2.24) is 0 Å². The van der Waals surface area contributed by atoms with Gasteiger partial charge in [-0.2, -0.15) is 8.42 Å². The van der Waals surface area contributed by atoms with Crippen LogP contribution in [0.5, 0.6) is 0 Å². The molecule has 2 aromatic carbocycles. The first kappa shape index (κ1) is 10.2. The number of ketones is 1. The minimum absolute atomic E-state index is 0.110. The first-order valence-corrected chi connectivity index (χ1v) is 8.69. The van der Waals surface area contributed by atoms with E-state index in [1.165, 1.54) is 0 Å². The van der Waals surface area contributed by atoms with E-state index in [4.69, 9.17) is 18.6 Å². The van der Waals surface area contributed by atoms with E-state index in [0.29, 0.717) is 5.56 Å². The van der Waals surface area contributed by atoms with Gasteiger partial charge in [0.2, 0.25) is 17.4 Å². The normalized spacial score (nSPS) is 21.2. The van der Waals surface area contributed by atoms with E-state index in [2.05, 4.69) is 0 Å². The minimum Gasteiger partial charge on any atom is -0.460 e. The summed E-state index contributed by atoms with van der Waals surface area (Å²) >= 11 is 0. The van der Waals surface area contributed by atoms with Gasteiger partial charge in [0.05, 0.1) is 6.85 Å². The second-order valence-electron chi connectivity index (χ2n) is 5.30. The molecule has 1 heterocycles. The van der Waals surface area contributed by atoms with Gasteiger partial charge in [-0.15, -0.1) is 0 Å². The molecule has 2 N–H and O–H groups in total. The van der Waals surface area contributed by atoms with Crippen LogP contribution in [0.2, 0.25) is 2.82 Å². The van der Waals surface area contributed by atoms with Gasteiger partial charge in [0.25, 0.3) is 0 Å².